The van der Waals surface area contributed by atoms with Crippen molar-refractivity contribution < 1.29 is 18.3 Å². The maximum Gasteiger partial charge on any atom is 0.308 e. The van der Waals surface area contributed by atoms with E-state index in [4.69, 9.17) is 10.5 Å². The van der Waals surface area contributed by atoms with E-state index in [-0.39, 0.29) is 12.4 Å². The van der Waals surface area contributed by atoms with Crippen LogP contribution >= 0.6 is 0 Å². The average molecular weight is 333 g/mol. The summed E-state index contributed by atoms with van der Waals surface area (Å²) in [6.45, 7) is 5.38. The minimum absolute atomic E-state index is 0.0571. The van der Waals surface area contributed by atoms with Crippen LogP contribution in [-0.4, -0.2) is 11.6 Å². The van der Waals surface area contributed by atoms with E-state index in [1.54, 1.807) is 45.0 Å². The average Bonchev–Trinajstić information content (AvgIpc) is 2.45. The number of carbonyl (C=O) groups is 1. The van der Waals surface area contributed by atoms with Crippen molar-refractivity contribution in [3.63, 3.8) is 0 Å². The Balaban J connectivity index is 2.10. The molecule has 0 spiro atoms. The second-order valence-electron chi connectivity index (χ2n) is 6.64. The van der Waals surface area contributed by atoms with E-state index in [0.29, 0.717) is 11.1 Å². The van der Waals surface area contributed by atoms with Crippen molar-refractivity contribution in [3.05, 3.63) is 59.7 Å². The molecule has 128 valence electrons. The third-order valence-electron chi connectivity index (χ3n) is 3.39. The molecule has 0 aliphatic rings. The van der Waals surface area contributed by atoms with Crippen LogP contribution in [0.1, 0.15) is 38.8 Å². The number of halogens is 2. The lowest BCUT2D eigenvalue weighted by Gasteiger charge is -2.21. The van der Waals surface area contributed by atoms with Gasteiger partial charge in [-0.15, -0.1) is 0 Å². The van der Waals surface area contributed by atoms with Crippen LogP contribution in [0.4, 0.5) is 8.78 Å². The molecule has 5 heteroatoms. The summed E-state index contributed by atoms with van der Waals surface area (Å²) >= 11 is 0. The fourth-order valence-corrected chi connectivity index (χ4v) is 2.31. The second-order valence-corrected chi connectivity index (χ2v) is 6.64. The Bertz CT molecular complexity index is 721. The van der Waals surface area contributed by atoms with E-state index in [9.17, 15) is 13.6 Å². The first kappa shape index (κ1) is 18.1. The monoisotopic (exact) mass is 333 g/mol. The first-order valence-corrected chi connectivity index (χ1v) is 7.68. The van der Waals surface area contributed by atoms with E-state index in [1.165, 1.54) is 12.1 Å². The number of ether oxygens (including phenoxy) is 1. The van der Waals surface area contributed by atoms with Crippen LogP contribution < -0.4 is 5.73 Å². The van der Waals surface area contributed by atoms with E-state index in [0.717, 1.165) is 11.6 Å². The Morgan fingerprint density at radius 1 is 1.12 bits per heavy atom. The molecule has 2 rings (SSSR count). The molecule has 0 aliphatic heterocycles. The van der Waals surface area contributed by atoms with Gasteiger partial charge in [0.15, 0.2) is 0 Å². The number of carbonyl (C=O) groups excluding carboxylic acids is 1. The van der Waals surface area contributed by atoms with Gasteiger partial charge in [0.1, 0.15) is 17.2 Å². The zero-order chi connectivity index (χ0) is 17.9. The highest BCUT2D eigenvalue weighted by molar-refractivity contribution is 5.71. The molecule has 0 saturated carbocycles. The van der Waals surface area contributed by atoms with Crippen LogP contribution in [0, 0.1) is 11.6 Å². The molecule has 0 aliphatic carbocycles. The zero-order valence-corrected chi connectivity index (χ0v) is 14.0. The summed E-state index contributed by atoms with van der Waals surface area (Å²) in [5, 5.41) is 0. The minimum Gasteiger partial charge on any atom is -0.460 e. The van der Waals surface area contributed by atoms with Gasteiger partial charge in [0.25, 0.3) is 0 Å². The Morgan fingerprint density at radius 2 is 1.75 bits per heavy atom. The van der Waals surface area contributed by atoms with Crippen molar-refractivity contribution in [3.8, 4) is 11.1 Å². The molecule has 0 fully saturated rings. The highest BCUT2D eigenvalue weighted by Crippen LogP contribution is 2.25. The molecule has 0 heterocycles. The van der Waals surface area contributed by atoms with Crippen LogP contribution in [0.2, 0.25) is 0 Å². The molecular weight excluding hydrogens is 312 g/mol. The van der Waals surface area contributed by atoms with Crippen molar-refractivity contribution in [2.75, 3.05) is 0 Å². The molecule has 0 saturated heterocycles. The van der Waals surface area contributed by atoms with Crippen molar-refractivity contribution in [1.29, 1.82) is 0 Å². The summed E-state index contributed by atoms with van der Waals surface area (Å²) in [6.07, 6.45) is 0.0571. The van der Waals surface area contributed by atoms with Crippen molar-refractivity contribution >= 4 is 5.97 Å². The van der Waals surface area contributed by atoms with Gasteiger partial charge >= 0.3 is 5.97 Å². The lowest BCUT2D eigenvalue weighted by atomic mass is 9.99. The summed E-state index contributed by atoms with van der Waals surface area (Å²) in [6, 6.07) is 9.78. The fourth-order valence-electron chi connectivity index (χ4n) is 2.31. The SMILES string of the molecule is CC(C)(C)OC(=O)C[C@H](N)c1ccc(-c2ccc(F)cc2F)cc1. The predicted octanol–water partition coefficient (Wildman–Crippen LogP) is 4.36. The Kier molecular flexibility index (Phi) is 5.34. The molecule has 24 heavy (non-hydrogen) atoms. The van der Waals surface area contributed by atoms with Gasteiger partial charge in [-0.1, -0.05) is 24.3 Å². The van der Waals surface area contributed by atoms with Crippen LogP contribution in [0.25, 0.3) is 11.1 Å². The summed E-state index contributed by atoms with van der Waals surface area (Å²) < 4.78 is 32.0. The zero-order valence-electron chi connectivity index (χ0n) is 14.0. The molecule has 2 N–H and O–H groups in total. The fraction of sp³-hybridized carbons (Fsp3) is 0.316. The molecule has 1 atom stereocenters. The molecule has 2 aromatic carbocycles. The first-order chi connectivity index (χ1) is 11.2. The Hall–Kier alpha value is -2.27. The lowest BCUT2D eigenvalue weighted by molar-refractivity contribution is -0.155. The van der Waals surface area contributed by atoms with E-state index >= 15 is 0 Å². The first-order valence-electron chi connectivity index (χ1n) is 7.68. The molecule has 0 bridgehead atoms. The second kappa shape index (κ2) is 7.09. The normalized spacial score (nSPS) is 12.8. The van der Waals surface area contributed by atoms with Crippen LogP contribution in [0.5, 0.6) is 0 Å². The van der Waals surface area contributed by atoms with Crippen LogP contribution in [0.15, 0.2) is 42.5 Å². The van der Waals surface area contributed by atoms with Crippen LogP contribution in [0.3, 0.4) is 0 Å². The Morgan fingerprint density at radius 3 is 2.29 bits per heavy atom. The van der Waals surface area contributed by atoms with Gasteiger partial charge in [-0.05, 0) is 44.0 Å². The van der Waals surface area contributed by atoms with Gasteiger partial charge in [-0.2, -0.15) is 0 Å². The Labute approximate surface area is 140 Å². The standard InChI is InChI=1S/C19H21F2NO2/c1-19(2,3)24-18(23)11-17(22)13-6-4-12(5-7-13)15-9-8-14(20)10-16(15)21/h4-10,17H,11,22H2,1-3H3/t17-/m0/s1. The lowest BCUT2D eigenvalue weighted by Crippen LogP contribution is -2.26. The summed E-state index contributed by atoms with van der Waals surface area (Å²) in [4.78, 5) is 11.8. The number of rotatable bonds is 4. The third kappa shape index (κ3) is 4.86. The molecule has 2 aromatic rings. The summed E-state index contributed by atoms with van der Waals surface area (Å²) in [7, 11) is 0. The van der Waals surface area contributed by atoms with Gasteiger partial charge in [-0.25, -0.2) is 8.78 Å². The predicted molar refractivity (Wildman–Crippen MR) is 89.2 cm³/mol. The highest BCUT2D eigenvalue weighted by atomic mass is 19.1. The smallest absolute Gasteiger partial charge is 0.308 e. The van der Waals surface area contributed by atoms with Crippen LogP contribution in [-0.2, 0) is 9.53 Å². The van der Waals surface area contributed by atoms with Gasteiger partial charge in [-0.3, -0.25) is 4.79 Å². The number of hydrogen-bond donors (Lipinski definition) is 1. The van der Waals surface area contributed by atoms with Crippen molar-refractivity contribution in [2.45, 2.75) is 38.8 Å². The minimum atomic E-state index is -0.624. The van der Waals surface area contributed by atoms with Crippen molar-refractivity contribution in [2.24, 2.45) is 5.73 Å². The number of esters is 1. The van der Waals surface area contributed by atoms with E-state index in [1.807, 2.05) is 0 Å². The molecule has 0 aromatic heterocycles. The maximum absolute atomic E-state index is 13.8. The van der Waals surface area contributed by atoms with Gasteiger partial charge < -0.3 is 10.5 Å². The number of benzene rings is 2. The van der Waals surface area contributed by atoms with Crippen molar-refractivity contribution in [1.82, 2.24) is 0 Å². The largest absolute Gasteiger partial charge is 0.460 e. The molecule has 0 unspecified atom stereocenters. The highest BCUT2D eigenvalue weighted by Gasteiger charge is 2.19. The molecule has 3 nitrogen and oxygen atoms in total. The number of nitrogens with two attached hydrogens (primary N) is 1. The van der Waals surface area contributed by atoms with Gasteiger partial charge in [0.2, 0.25) is 0 Å². The van der Waals surface area contributed by atoms with E-state index in [2.05, 4.69) is 0 Å². The molecule has 0 radical (unpaired) electrons. The van der Waals surface area contributed by atoms with Gasteiger partial charge in [0, 0.05) is 17.7 Å². The molecular formula is C19H21F2NO2. The maximum atomic E-state index is 13.8. The number of hydrogen-bond acceptors (Lipinski definition) is 3. The quantitative estimate of drug-likeness (QED) is 0.846. The van der Waals surface area contributed by atoms with Gasteiger partial charge in [0.05, 0.1) is 6.42 Å². The molecule has 0 amide bonds. The van der Waals surface area contributed by atoms with E-state index < -0.39 is 23.3 Å². The topological polar surface area (TPSA) is 52.3 Å². The summed E-state index contributed by atoms with van der Waals surface area (Å²) in [5.41, 5.74) is 7.14. The third-order valence-corrected chi connectivity index (χ3v) is 3.39. The summed E-state index contributed by atoms with van der Waals surface area (Å²) in [5.74, 6) is -1.61.